The molecule has 2 rings (SSSR count). The Bertz CT molecular complexity index is 184. The van der Waals surface area contributed by atoms with Gasteiger partial charge in [-0.05, 0) is 30.8 Å². The first-order valence-electron chi connectivity index (χ1n) is 3.76. The van der Waals surface area contributed by atoms with Gasteiger partial charge in [-0.15, -0.1) is 0 Å². The van der Waals surface area contributed by atoms with E-state index in [2.05, 4.69) is 19.1 Å². The second-order valence-electron chi connectivity index (χ2n) is 3.11. The summed E-state index contributed by atoms with van der Waals surface area (Å²) in [5, 5.41) is 0. The zero-order valence-corrected chi connectivity index (χ0v) is 5.85. The van der Waals surface area contributed by atoms with Crippen molar-refractivity contribution < 1.29 is 0 Å². The molecule has 0 radical (unpaired) electrons. The lowest BCUT2D eigenvalue weighted by Gasteiger charge is -2.00. The van der Waals surface area contributed by atoms with E-state index in [9.17, 15) is 0 Å². The molecule has 1 unspecified atom stereocenters. The van der Waals surface area contributed by atoms with Gasteiger partial charge in [0.15, 0.2) is 0 Å². The maximum Gasteiger partial charge on any atom is -0.0130 e. The molecule has 0 aliphatic heterocycles. The average Bonchev–Trinajstić information content (AvgIpc) is 2.35. The van der Waals surface area contributed by atoms with E-state index in [1.807, 2.05) is 0 Å². The molecule has 2 aliphatic rings. The minimum absolute atomic E-state index is 0.860. The summed E-state index contributed by atoms with van der Waals surface area (Å²) >= 11 is 0. The third kappa shape index (κ3) is 0.658. The topological polar surface area (TPSA) is 0 Å². The van der Waals surface area contributed by atoms with Crippen molar-refractivity contribution in [2.75, 3.05) is 0 Å². The van der Waals surface area contributed by atoms with Gasteiger partial charge in [0, 0.05) is 0 Å². The van der Waals surface area contributed by atoms with E-state index < -0.39 is 0 Å². The van der Waals surface area contributed by atoms with Crippen molar-refractivity contribution >= 4 is 0 Å². The minimum Gasteiger partial charge on any atom is -0.0802 e. The van der Waals surface area contributed by atoms with Gasteiger partial charge >= 0.3 is 0 Å². The van der Waals surface area contributed by atoms with Crippen LogP contribution in [0.25, 0.3) is 0 Å². The van der Waals surface area contributed by atoms with Gasteiger partial charge in [0.1, 0.15) is 0 Å². The summed E-state index contributed by atoms with van der Waals surface area (Å²) in [6.07, 6.45) is 8.62. The quantitative estimate of drug-likeness (QED) is 0.461. The summed E-state index contributed by atoms with van der Waals surface area (Å²) in [5.74, 6) is 0.860. The first-order valence-corrected chi connectivity index (χ1v) is 3.76. The number of hydrogen-bond donors (Lipinski definition) is 0. The second-order valence-corrected chi connectivity index (χ2v) is 3.11. The molecule has 0 nitrogen and oxygen atoms in total. The normalized spacial score (nSPS) is 31.9. The van der Waals surface area contributed by atoms with Gasteiger partial charge in [-0.1, -0.05) is 24.6 Å². The van der Waals surface area contributed by atoms with Crippen molar-refractivity contribution in [3.8, 4) is 0 Å². The molecular formula is C9H12. The maximum atomic E-state index is 2.33. The Morgan fingerprint density at radius 3 is 3.22 bits per heavy atom. The van der Waals surface area contributed by atoms with Gasteiger partial charge in [0.2, 0.25) is 0 Å². The number of hydrogen-bond acceptors (Lipinski definition) is 0. The Kier molecular flexibility index (Phi) is 1.01. The first kappa shape index (κ1) is 5.28. The number of allylic oxidation sites excluding steroid dienone is 4. The molecule has 0 heterocycles. The summed E-state index contributed by atoms with van der Waals surface area (Å²) in [6, 6.07) is 0. The molecule has 0 saturated carbocycles. The SMILES string of the molecule is CC1CCC2=C1C=CC2. The van der Waals surface area contributed by atoms with Crippen LogP contribution < -0.4 is 0 Å². The first-order chi connectivity index (χ1) is 4.38. The van der Waals surface area contributed by atoms with E-state index in [0.717, 1.165) is 5.92 Å². The van der Waals surface area contributed by atoms with Gasteiger partial charge in [-0.2, -0.15) is 0 Å². The summed E-state index contributed by atoms with van der Waals surface area (Å²) < 4.78 is 0. The van der Waals surface area contributed by atoms with Crippen LogP contribution in [-0.2, 0) is 0 Å². The van der Waals surface area contributed by atoms with Gasteiger partial charge in [0.05, 0.1) is 0 Å². The van der Waals surface area contributed by atoms with Crippen molar-refractivity contribution in [2.45, 2.75) is 26.2 Å². The van der Waals surface area contributed by atoms with Crippen molar-refractivity contribution in [3.05, 3.63) is 23.3 Å². The third-order valence-corrected chi connectivity index (χ3v) is 2.48. The van der Waals surface area contributed by atoms with Crippen molar-refractivity contribution in [2.24, 2.45) is 5.92 Å². The van der Waals surface area contributed by atoms with Gasteiger partial charge in [-0.25, -0.2) is 0 Å². The summed E-state index contributed by atoms with van der Waals surface area (Å²) in [5.41, 5.74) is 3.36. The van der Waals surface area contributed by atoms with E-state index >= 15 is 0 Å². The Hall–Kier alpha value is -0.520. The van der Waals surface area contributed by atoms with Crippen LogP contribution in [0.3, 0.4) is 0 Å². The number of rotatable bonds is 0. The molecule has 9 heavy (non-hydrogen) atoms. The van der Waals surface area contributed by atoms with E-state index in [1.165, 1.54) is 19.3 Å². The van der Waals surface area contributed by atoms with Crippen LogP contribution in [-0.4, -0.2) is 0 Å². The standard InChI is InChI=1S/C9H12/c1-7-5-6-8-3-2-4-9(7)8/h2,4,7H,3,5-6H2,1H3. The minimum atomic E-state index is 0.860. The lowest BCUT2D eigenvalue weighted by atomic mass is 10.1. The fourth-order valence-corrected chi connectivity index (χ4v) is 1.87. The smallest absolute Gasteiger partial charge is 0.0130 e. The summed E-state index contributed by atoms with van der Waals surface area (Å²) in [4.78, 5) is 0. The fraction of sp³-hybridized carbons (Fsp3) is 0.556. The van der Waals surface area contributed by atoms with Gasteiger partial charge < -0.3 is 0 Å². The Labute approximate surface area is 56.3 Å². The van der Waals surface area contributed by atoms with E-state index in [-0.39, 0.29) is 0 Å². The van der Waals surface area contributed by atoms with E-state index in [1.54, 1.807) is 11.1 Å². The largest absolute Gasteiger partial charge is 0.0802 e. The highest BCUT2D eigenvalue weighted by Gasteiger charge is 2.21. The van der Waals surface area contributed by atoms with Crippen molar-refractivity contribution in [3.63, 3.8) is 0 Å². The average molecular weight is 120 g/mol. The zero-order chi connectivity index (χ0) is 6.27. The molecule has 1 atom stereocenters. The molecule has 48 valence electrons. The van der Waals surface area contributed by atoms with E-state index in [0.29, 0.717) is 0 Å². The molecule has 0 aromatic carbocycles. The lowest BCUT2D eigenvalue weighted by Crippen LogP contribution is -1.87. The summed E-state index contributed by atoms with van der Waals surface area (Å²) in [7, 11) is 0. The van der Waals surface area contributed by atoms with Crippen LogP contribution >= 0.6 is 0 Å². The molecule has 0 fully saturated rings. The van der Waals surface area contributed by atoms with Crippen LogP contribution in [0.1, 0.15) is 26.2 Å². The highest BCUT2D eigenvalue weighted by atomic mass is 14.3. The maximum absolute atomic E-state index is 2.33. The van der Waals surface area contributed by atoms with Crippen LogP contribution in [0.4, 0.5) is 0 Å². The molecule has 0 saturated heterocycles. The van der Waals surface area contributed by atoms with Crippen LogP contribution in [0.5, 0.6) is 0 Å². The Morgan fingerprint density at radius 1 is 1.56 bits per heavy atom. The zero-order valence-electron chi connectivity index (χ0n) is 5.85. The predicted octanol–water partition coefficient (Wildman–Crippen LogP) is 2.67. The van der Waals surface area contributed by atoms with Gasteiger partial charge in [0.25, 0.3) is 0 Å². The van der Waals surface area contributed by atoms with Crippen molar-refractivity contribution in [1.29, 1.82) is 0 Å². The Morgan fingerprint density at radius 2 is 2.44 bits per heavy atom. The summed E-state index contributed by atoms with van der Waals surface area (Å²) in [6.45, 7) is 2.33. The predicted molar refractivity (Wildman–Crippen MR) is 39.2 cm³/mol. The highest BCUT2D eigenvalue weighted by molar-refractivity contribution is 5.38. The fourth-order valence-electron chi connectivity index (χ4n) is 1.87. The molecule has 0 heteroatoms. The van der Waals surface area contributed by atoms with Crippen molar-refractivity contribution in [1.82, 2.24) is 0 Å². The molecular weight excluding hydrogens is 108 g/mol. The van der Waals surface area contributed by atoms with Crippen LogP contribution in [0, 0.1) is 5.92 Å². The van der Waals surface area contributed by atoms with Crippen LogP contribution in [0.2, 0.25) is 0 Å². The monoisotopic (exact) mass is 120 g/mol. The molecule has 2 aliphatic carbocycles. The Balaban J connectivity index is 2.33. The molecule has 0 aromatic rings. The lowest BCUT2D eigenvalue weighted by molar-refractivity contribution is 0.676. The molecule has 0 amide bonds. The molecule has 0 aromatic heterocycles. The van der Waals surface area contributed by atoms with E-state index in [4.69, 9.17) is 0 Å². The molecule has 0 N–H and O–H groups in total. The van der Waals surface area contributed by atoms with Crippen LogP contribution in [0.15, 0.2) is 23.3 Å². The molecule has 0 bridgehead atoms. The second kappa shape index (κ2) is 1.73. The molecule has 0 spiro atoms. The van der Waals surface area contributed by atoms with Gasteiger partial charge in [-0.3, -0.25) is 0 Å². The highest BCUT2D eigenvalue weighted by Crippen LogP contribution is 2.37. The third-order valence-electron chi connectivity index (χ3n) is 2.48.